The zero-order valence-corrected chi connectivity index (χ0v) is 11.5. The average molecular weight is 282 g/mol. The molecular weight excluding hydrogens is 268 g/mol. The minimum atomic E-state index is -0.542. The van der Waals surface area contributed by atoms with Gasteiger partial charge in [0, 0.05) is 12.1 Å². The summed E-state index contributed by atoms with van der Waals surface area (Å²) in [5.41, 5.74) is 2.03. The number of aryl methyl sites for hydroxylation is 1. The number of oxazole rings is 1. The minimum Gasteiger partial charge on any atom is -0.441 e. The topological polar surface area (TPSA) is 64.4 Å². The van der Waals surface area contributed by atoms with Gasteiger partial charge in [-0.1, -0.05) is 25.1 Å². The van der Waals surface area contributed by atoms with Gasteiger partial charge in [-0.2, -0.15) is 0 Å². The van der Waals surface area contributed by atoms with Crippen molar-refractivity contribution in [2.24, 2.45) is 0 Å². The Bertz CT molecular complexity index is 766. The summed E-state index contributed by atoms with van der Waals surface area (Å²) in [7, 11) is 0. The Morgan fingerprint density at radius 3 is 2.81 bits per heavy atom. The summed E-state index contributed by atoms with van der Waals surface area (Å²) in [6.07, 6.45) is 0.188. The Morgan fingerprint density at radius 2 is 2.05 bits per heavy atom. The third-order valence-corrected chi connectivity index (χ3v) is 2.93. The number of carbonyl (C=O) groups is 1. The summed E-state index contributed by atoms with van der Waals surface area (Å²) >= 11 is 0. The van der Waals surface area contributed by atoms with Gasteiger partial charge < -0.3 is 9.15 Å². The summed E-state index contributed by atoms with van der Waals surface area (Å²) in [6, 6.07) is 14.2. The predicted molar refractivity (Wildman–Crippen MR) is 79.5 cm³/mol. The molecule has 0 saturated heterocycles. The van der Waals surface area contributed by atoms with Crippen LogP contribution in [0.4, 0.5) is 10.5 Å². The van der Waals surface area contributed by atoms with Crippen molar-refractivity contribution < 1.29 is 13.9 Å². The molecule has 0 aliphatic heterocycles. The monoisotopic (exact) mass is 282 g/mol. The molecular formula is C16H14N2O3. The van der Waals surface area contributed by atoms with E-state index in [1.54, 1.807) is 42.5 Å². The molecule has 3 rings (SSSR count). The lowest BCUT2D eigenvalue weighted by Gasteiger charge is -2.06. The smallest absolute Gasteiger partial charge is 0.417 e. The lowest BCUT2D eigenvalue weighted by atomic mass is 10.3. The molecule has 0 unspecified atom stereocenters. The molecule has 0 atom stereocenters. The van der Waals surface area contributed by atoms with Crippen LogP contribution in [0.3, 0.4) is 0 Å². The van der Waals surface area contributed by atoms with Crippen molar-refractivity contribution in [3.05, 3.63) is 54.4 Å². The third-order valence-electron chi connectivity index (χ3n) is 2.93. The molecule has 0 spiro atoms. The fourth-order valence-electron chi connectivity index (χ4n) is 1.94. The van der Waals surface area contributed by atoms with Crippen LogP contribution in [0.25, 0.3) is 11.1 Å². The lowest BCUT2D eigenvalue weighted by molar-refractivity contribution is 0.215. The molecule has 5 nitrogen and oxygen atoms in total. The largest absolute Gasteiger partial charge is 0.441 e. The van der Waals surface area contributed by atoms with Crippen molar-refractivity contribution in [2.75, 3.05) is 5.32 Å². The van der Waals surface area contributed by atoms with Gasteiger partial charge in [0.15, 0.2) is 11.5 Å². The average Bonchev–Trinajstić information content (AvgIpc) is 2.90. The van der Waals surface area contributed by atoms with E-state index in [0.717, 1.165) is 6.42 Å². The van der Waals surface area contributed by atoms with E-state index in [0.29, 0.717) is 28.4 Å². The molecule has 0 bridgehead atoms. The molecule has 0 aliphatic rings. The molecule has 0 fully saturated rings. The lowest BCUT2D eigenvalue weighted by Crippen LogP contribution is -2.16. The second kappa shape index (κ2) is 5.66. The maximum Gasteiger partial charge on any atom is 0.417 e. The number of hydrogen-bond acceptors (Lipinski definition) is 4. The first-order valence-electron chi connectivity index (χ1n) is 6.68. The van der Waals surface area contributed by atoms with E-state index < -0.39 is 6.09 Å². The zero-order valence-electron chi connectivity index (χ0n) is 11.5. The van der Waals surface area contributed by atoms with Gasteiger partial charge in [0.05, 0.1) is 0 Å². The molecule has 3 aromatic rings. The standard InChI is InChI=1S/C16H14N2O3/c1-2-15-18-13-10-11(8-9-14(13)21-15)17-16(19)20-12-6-4-3-5-7-12/h3-10H,2H2,1H3,(H,17,19). The Labute approximate surface area is 121 Å². The van der Waals surface area contributed by atoms with Crippen LogP contribution < -0.4 is 10.1 Å². The van der Waals surface area contributed by atoms with Crippen LogP contribution in [0.15, 0.2) is 52.9 Å². The van der Waals surface area contributed by atoms with Crippen molar-refractivity contribution in [2.45, 2.75) is 13.3 Å². The zero-order chi connectivity index (χ0) is 14.7. The van der Waals surface area contributed by atoms with E-state index >= 15 is 0 Å². The number of nitrogens with zero attached hydrogens (tertiary/aromatic N) is 1. The fourth-order valence-corrected chi connectivity index (χ4v) is 1.94. The van der Waals surface area contributed by atoms with Gasteiger partial charge in [0.25, 0.3) is 0 Å². The normalized spacial score (nSPS) is 10.5. The van der Waals surface area contributed by atoms with Crippen LogP contribution in [0.5, 0.6) is 5.75 Å². The number of anilines is 1. The molecule has 1 aromatic heterocycles. The Hall–Kier alpha value is -2.82. The van der Waals surface area contributed by atoms with Gasteiger partial charge in [-0.3, -0.25) is 5.32 Å². The number of amides is 1. The highest BCUT2D eigenvalue weighted by Crippen LogP contribution is 2.20. The number of para-hydroxylation sites is 1. The van der Waals surface area contributed by atoms with Gasteiger partial charge in [-0.25, -0.2) is 9.78 Å². The summed E-state index contributed by atoms with van der Waals surface area (Å²) < 4.78 is 10.7. The maximum absolute atomic E-state index is 11.8. The van der Waals surface area contributed by atoms with E-state index in [-0.39, 0.29) is 0 Å². The number of benzene rings is 2. The summed E-state index contributed by atoms with van der Waals surface area (Å²) in [4.78, 5) is 16.1. The number of rotatable bonds is 3. The van der Waals surface area contributed by atoms with Gasteiger partial charge in [0.2, 0.25) is 0 Å². The van der Waals surface area contributed by atoms with E-state index in [1.807, 2.05) is 13.0 Å². The maximum atomic E-state index is 11.8. The van der Waals surface area contributed by atoms with E-state index in [1.165, 1.54) is 0 Å². The van der Waals surface area contributed by atoms with Crippen molar-refractivity contribution in [3.8, 4) is 5.75 Å². The second-order valence-electron chi connectivity index (χ2n) is 4.47. The van der Waals surface area contributed by atoms with Gasteiger partial charge >= 0.3 is 6.09 Å². The van der Waals surface area contributed by atoms with Crippen molar-refractivity contribution in [1.29, 1.82) is 0 Å². The van der Waals surface area contributed by atoms with Crippen molar-refractivity contribution in [3.63, 3.8) is 0 Å². The summed E-state index contributed by atoms with van der Waals surface area (Å²) in [5, 5.41) is 2.67. The third kappa shape index (κ3) is 3.02. The molecule has 21 heavy (non-hydrogen) atoms. The second-order valence-corrected chi connectivity index (χ2v) is 4.47. The van der Waals surface area contributed by atoms with Gasteiger partial charge in [-0.15, -0.1) is 0 Å². The highest BCUT2D eigenvalue weighted by molar-refractivity contribution is 5.89. The van der Waals surface area contributed by atoms with Crippen LogP contribution in [0.1, 0.15) is 12.8 Å². The Kier molecular flexibility index (Phi) is 3.55. The molecule has 1 heterocycles. The van der Waals surface area contributed by atoms with Crippen LogP contribution in [-0.2, 0) is 6.42 Å². The fraction of sp³-hybridized carbons (Fsp3) is 0.125. The molecule has 0 radical (unpaired) electrons. The molecule has 0 aliphatic carbocycles. The van der Waals surface area contributed by atoms with E-state index in [4.69, 9.17) is 9.15 Å². The first kappa shape index (κ1) is 13.2. The highest BCUT2D eigenvalue weighted by atomic mass is 16.6. The SMILES string of the molecule is CCc1nc2cc(NC(=O)Oc3ccccc3)ccc2o1. The Morgan fingerprint density at radius 1 is 1.24 bits per heavy atom. The van der Waals surface area contributed by atoms with E-state index in [9.17, 15) is 4.79 Å². The number of fused-ring (bicyclic) bond motifs is 1. The predicted octanol–water partition coefficient (Wildman–Crippen LogP) is 4.00. The highest BCUT2D eigenvalue weighted by Gasteiger charge is 2.08. The number of aromatic nitrogens is 1. The summed E-state index contributed by atoms with van der Waals surface area (Å²) in [6.45, 7) is 1.97. The first-order chi connectivity index (χ1) is 10.2. The van der Waals surface area contributed by atoms with Crippen LogP contribution in [-0.4, -0.2) is 11.1 Å². The number of carbonyl (C=O) groups excluding carboxylic acids is 1. The van der Waals surface area contributed by atoms with Crippen molar-refractivity contribution in [1.82, 2.24) is 4.98 Å². The van der Waals surface area contributed by atoms with Gasteiger partial charge in [-0.05, 0) is 30.3 Å². The van der Waals surface area contributed by atoms with Crippen LogP contribution in [0, 0.1) is 0 Å². The first-order valence-corrected chi connectivity index (χ1v) is 6.68. The molecule has 0 saturated carbocycles. The van der Waals surface area contributed by atoms with Gasteiger partial charge in [0.1, 0.15) is 11.3 Å². The molecule has 1 N–H and O–H groups in total. The summed E-state index contributed by atoms with van der Waals surface area (Å²) in [5.74, 6) is 1.17. The van der Waals surface area contributed by atoms with Crippen LogP contribution >= 0.6 is 0 Å². The number of hydrogen-bond donors (Lipinski definition) is 1. The van der Waals surface area contributed by atoms with Crippen LogP contribution in [0.2, 0.25) is 0 Å². The quantitative estimate of drug-likeness (QED) is 0.788. The van der Waals surface area contributed by atoms with E-state index in [2.05, 4.69) is 10.3 Å². The Balaban J connectivity index is 1.73. The minimum absolute atomic E-state index is 0.491. The molecule has 2 aromatic carbocycles. The number of nitrogens with one attached hydrogen (secondary N) is 1. The molecule has 106 valence electrons. The van der Waals surface area contributed by atoms with Crippen molar-refractivity contribution >= 4 is 22.9 Å². The number of ether oxygens (including phenoxy) is 1. The molecule has 5 heteroatoms. The molecule has 1 amide bonds.